The average Bonchev–Trinajstić information content (AvgIpc) is 2.82. The van der Waals surface area contributed by atoms with Crippen LogP contribution in [0.2, 0.25) is 0 Å². The average molecular weight is 254 g/mol. The van der Waals surface area contributed by atoms with E-state index in [1.807, 2.05) is 6.92 Å². The van der Waals surface area contributed by atoms with Gasteiger partial charge in [0.2, 0.25) is 0 Å². The Balaban J connectivity index is 2.26. The first kappa shape index (κ1) is 11.3. The lowest BCUT2D eigenvalue weighted by Crippen LogP contribution is -2.03. The van der Waals surface area contributed by atoms with Crippen molar-refractivity contribution < 1.29 is 9.90 Å². The molecule has 0 bridgehead atoms. The van der Waals surface area contributed by atoms with Gasteiger partial charge in [-0.25, -0.2) is 9.78 Å². The number of carbonyl (C=O) groups is 1. The van der Waals surface area contributed by atoms with Crippen molar-refractivity contribution in [3.63, 3.8) is 0 Å². The van der Waals surface area contributed by atoms with E-state index in [4.69, 9.17) is 5.11 Å². The van der Waals surface area contributed by atoms with Gasteiger partial charge in [-0.05, 0) is 19.1 Å². The van der Waals surface area contributed by atoms with Crippen LogP contribution in [0.25, 0.3) is 17.0 Å². The van der Waals surface area contributed by atoms with Gasteiger partial charge >= 0.3 is 5.97 Å². The number of aromatic carboxylic acids is 1. The van der Waals surface area contributed by atoms with Crippen molar-refractivity contribution in [2.24, 2.45) is 0 Å². The van der Waals surface area contributed by atoms with E-state index in [0.29, 0.717) is 17.0 Å². The van der Waals surface area contributed by atoms with Crippen LogP contribution in [0.4, 0.5) is 0 Å². The predicted octanol–water partition coefficient (Wildman–Crippen LogP) is 1.80. The lowest BCUT2D eigenvalue weighted by atomic mass is 10.2. The van der Waals surface area contributed by atoms with Gasteiger partial charge in [0, 0.05) is 18.6 Å². The van der Waals surface area contributed by atoms with Crippen molar-refractivity contribution in [2.75, 3.05) is 0 Å². The molecule has 19 heavy (non-hydrogen) atoms. The Morgan fingerprint density at radius 3 is 2.79 bits per heavy atom. The summed E-state index contributed by atoms with van der Waals surface area (Å²) < 4.78 is 1.53. The molecule has 0 saturated heterocycles. The molecule has 3 aromatic rings. The molecule has 6 nitrogen and oxygen atoms in total. The van der Waals surface area contributed by atoms with Crippen molar-refractivity contribution in [1.82, 2.24) is 19.4 Å². The zero-order valence-corrected chi connectivity index (χ0v) is 10.1. The summed E-state index contributed by atoms with van der Waals surface area (Å²) >= 11 is 0. The Labute approximate surface area is 108 Å². The largest absolute Gasteiger partial charge is 0.477 e. The minimum atomic E-state index is -0.995. The second kappa shape index (κ2) is 4.16. The molecule has 0 atom stereocenters. The zero-order valence-electron chi connectivity index (χ0n) is 10.1. The summed E-state index contributed by atoms with van der Waals surface area (Å²) in [4.78, 5) is 23.9. The molecule has 0 aliphatic heterocycles. The molecule has 0 aromatic carbocycles. The van der Waals surface area contributed by atoms with Gasteiger partial charge < -0.3 is 5.11 Å². The molecule has 0 aliphatic carbocycles. The summed E-state index contributed by atoms with van der Waals surface area (Å²) in [5.74, 6) is -0.995. The molecule has 1 N–H and O–H groups in total. The molecular formula is C13H10N4O2. The Hall–Kier alpha value is -2.76. The molecule has 3 rings (SSSR count). The summed E-state index contributed by atoms with van der Waals surface area (Å²) in [6, 6.07) is 4.95. The van der Waals surface area contributed by atoms with Crippen LogP contribution in [0.5, 0.6) is 0 Å². The Morgan fingerprint density at radius 2 is 2.05 bits per heavy atom. The molecule has 6 heteroatoms. The number of hydrogen-bond donors (Lipinski definition) is 1. The van der Waals surface area contributed by atoms with Gasteiger partial charge in [-0.15, -0.1) is 0 Å². The normalized spacial score (nSPS) is 10.8. The standard InChI is InChI=1S/C13H10N4O2/c1-8-12(15-6-5-14-8)9-7-17-10(13(18)19)3-2-4-11(17)16-9/h2-7H,1H3,(H,18,19). The van der Waals surface area contributed by atoms with E-state index in [0.717, 1.165) is 5.69 Å². The summed E-state index contributed by atoms with van der Waals surface area (Å²) in [7, 11) is 0. The predicted molar refractivity (Wildman–Crippen MR) is 67.9 cm³/mol. The number of hydrogen-bond acceptors (Lipinski definition) is 4. The monoisotopic (exact) mass is 254 g/mol. The first-order valence-electron chi connectivity index (χ1n) is 5.66. The number of carboxylic acids is 1. The summed E-state index contributed by atoms with van der Waals surface area (Å²) in [5.41, 5.74) is 2.75. The molecule has 0 aliphatic rings. The van der Waals surface area contributed by atoms with E-state index in [1.54, 1.807) is 30.7 Å². The van der Waals surface area contributed by atoms with Gasteiger partial charge in [0.15, 0.2) is 0 Å². The zero-order chi connectivity index (χ0) is 13.4. The number of imidazole rings is 1. The Bertz CT molecular complexity index is 779. The lowest BCUT2D eigenvalue weighted by molar-refractivity contribution is 0.0689. The second-order valence-corrected chi connectivity index (χ2v) is 4.06. The van der Waals surface area contributed by atoms with Gasteiger partial charge in [0.1, 0.15) is 22.7 Å². The maximum absolute atomic E-state index is 11.2. The van der Waals surface area contributed by atoms with Crippen LogP contribution >= 0.6 is 0 Å². The third-order valence-electron chi connectivity index (χ3n) is 2.84. The van der Waals surface area contributed by atoms with Gasteiger partial charge in [-0.1, -0.05) is 6.07 Å². The van der Waals surface area contributed by atoms with E-state index < -0.39 is 5.97 Å². The van der Waals surface area contributed by atoms with Crippen LogP contribution in [0.15, 0.2) is 36.8 Å². The molecule has 0 spiro atoms. The quantitative estimate of drug-likeness (QED) is 0.754. The topological polar surface area (TPSA) is 80.4 Å². The van der Waals surface area contributed by atoms with E-state index in [9.17, 15) is 4.79 Å². The van der Waals surface area contributed by atoms with Crippen LogP contribution in [0.1, 0.15) is 16.2 Å². The fraction of sp³-hybridized carbons (Fsp3) is 0.0769. The van der Waals surface area contributed by atoms with Crippen LogP contribution in [-0.4, -0.2) is 30.4 Å². The maximum atomic E-state index is 11.2. The molecular weight excluding hydrogens is 244 g/mol. The van der Waals surface area contributed by atoms with Crippen molar-refractivity contribution in [2.45, 2.75) is 6.92 Å². The van der Waals surface area contributed by atoms with Crippen LogP contribution in [0.3, 0.4) is 0 Å². The second-order valence-electron chi connectivity index (χ2n) is 4.06. The Morgan fingerprint density at radius 1 is 1.26 bits per heavy atom. The number of fused-ring (bicyclic) bond motifs is 1. The highest BCUT2D eigenvalue weighted by molar-refractivity contribution is 5.86. The first-order valence-corrected chi connectivity index (χ1v) is 5.66. The van der Waals surface area contributed by atoms with Gasteiger partial charge in [-0.3, -0.25) is 14.4 Å². The summed E-state index contributed by atoms with van der Waals surface area (Å²) in [6.45, 7) is 1.84. The van der Waals surface area contributed by atoms with Gasteiger partial charge in [0.05, 0.1) is 5.69 Å². The van der Waals surface area contributed by atoms with Crippen molar-refractivity contribution in [3.05, 3.63) is 48.2 Å². The third-order valence-corrected chi connectivity index (χ3v) is 2.84. The molecule has 0 unspecified atom stereocenters. The number of aryl methyl sites for hydroxylation is 1. The minimum absolute atomic E-state index is 0.165. The van der Waals surface area contributed by atoms with Crippen molar-refractivity contribution in [3.8, 4) is 11.4 Å². The van der Waals surface area contributed by atoms with Gasteiger partial charge in [0.25, 0.3) is 0 Å². The van der Waals surface area contributed by atoms with Crippen LogP contribution < -0.4 is 0 Å². The number of aromatic nitrogens is 4. The number of rotatable bonds is 2. The molecule has 94 valence electrons. The fourth-order valence-corrected chi connectivity index (χ4v) is 1.96. The number of carboxylic acid groups (broad SMARTS) is 1. The van der Waals surface area contributed by atoms with E-state index in [-0.39, 0.29) is 5.69 Å². The molecule has 0 saturated carbocycles. The van der Waals surface area contributed by atoms with E-state index >= 15 is 0 Å². The van der Waals surface area contributed by atoms with Crippen molar-refractivity contribution in [1.29, 1.82) is 0 Å². The van der Waals surface area contributed by atoms with Gasteiger partial charge in [-0.2, -0.15) is 0 Å². The highest BCUT2D eigenvalue weighted by atomic mass is 16.4. The third kappa shape index (κ3) is 1.83. The molecule has 0 fully saturated rings. The van der Waals surface area contributed by atoms with Crippen LogP contribution in [-0.2, 0) is 0 Å². The molecule has 3 heterocycles. The van der Waals surface area contributed by atoms with Crippen LogP contribution in [0, 0.1) is 6.92 Å². The maximum Gasteiger partial charge on any atom is 0.352 e. The van der Waals surface area contributed by atoms with E-state index in [2.05, 4.69) is 15.0 Å². The van der Waals surface area contributed by atoms with Crippen molar-refractivity contribution >= 4 is 11.6 Å². The fourth-order valence-electron chi connectivity index (χ4n) is 1.96. The van der Waals surface area contributed by atoms with E-state index in [1.165, 1.54) is 10.5 Å². The molecule has 0 radical (unpaired) electrons. The summed E-state index contributed by atoms with van der Waals surface area (Å²) in [6.07, 6.45) is 4.86. The smallest absolute Gasteiger partial charge is 0.352 e. The highest BCUT2D eigenvalue weighted by Crippen LogP contribution is 2.20. The first-order chi connectivity index (χ1) is 9.16. The molecule has 0 amide bonds. The minimum Gasteiger partial charge on any atom is -0.477 e. The number of pyridine rings is 1. The Kier molecular flexibility index (Phi) is 2.49. The SMILES string of the molecule is Cc1nccnc1-c1cn2c(C(=O)O)cccc2n1. The lowest BCUT2D eigenvalue weighted by Gasteiger charge is -1.98. The summed E-state index contributed by atoms with van der Waals surface area (Å²) in [5, 5.41) is 9.14. The number of nitrogens with zero attached hydrogens (tertiary/aromatic N) is 4. The highest BCUT2D eigenvalue weighted by Gasteiger charge is 2.13. The molecule has 3 aromatic heterocycles.